The molecular weight excluding hydrogens is 270 g/mol. The van der Waals surface area contributed by atoms with E-state index < -0.39 is 22.8 Å². The molecule has 0 radical (unpaired) electrons. The first-order valence-corrected chi connectivity index (χ1v) is 5.15. The van der Waals surface area contributed by atoms with Gasteiger partial charge in [0.1, 0.15) is 0 Å². The molecular formula is C3H9NNa2O7P2+2. The summed E-state index contributed by atoms with van der Waals surface area (Å²) in [7, 11) is -6.08. The van der Waals surface area contributed by atoms with E-state index in [2.05, 4.69) is 4.52 Å². The van der Waals surface area contributed by atoms with Crippen LogP contribution in [-0.2, 0) is 13.7 Å². The molecule has 12 heteroatoms. The Morgan fingerprint density at radius 1 is 1.33 bits per heavy atom. The van der Waals surface area contributed by atoms with Crippen molar-refractivity contribution in [3.05, 3.63) is 0 Å². The Kier molecular flexibility index (Phi) is 31.4. The number of nitrogens with two attached hydrogens (primary N) is 1. The molecule has 0 fully saturated rings. The van der Waals surface area contributed by atoms with Crippen LogP contribution >= 0.6 is 16.5 Å². The van der Waals surface area contributed by atoms with E-state index >= 15 is 0 Å². The standard InChI is InChI=1S/C3H8NO4P.2Na.HO3P/c4-2-1-3(5)8-9(6)7;;;1-4(2)3/h3,5H,1-2,4H2;;;(H,1,2,3)/q;2*+1;. The van der Waals surface area contributed by atoms with E-state index in [-0.39, 0.29) is 72.1 Å². The van der Waals surface area contributed by atoms with Gasteiger partial charge in [0.2, 0.25) is 6.29 Å². The van der Waals surface area contributed by atoms with Gasteiger partial charge in [-0.1, -0.05) is 0 Å². The summed E-state index contributed by atoms with van der Waals surface area (Å²) in [5.74, 6) is 0. The second-order valence-electron chi connectivity index (χ2n) is 1.60. The Bertz CT molecular complexity index is 168. The molecule has 3 unspecified atom stereocenters. The van der Waals surface area contributed by atoms with Crippen molar-refractivity contribution in [2.45, 2.75) is 12.7 Å². The van der Waals surface area contributed by atoms with Gasteiger partial charge in [-0.2, -0.15) is 4.89 Å². The van der Waals surface area contributed by atoms with Gasteiger partial charge in [0.15, 0.2) is 0 Å². The van der Waals surface area contributed by atoms with Gasteiger partial charge in [0.25, 0.3) is 0 Å². The van der Waals surface area contributed by atoms with Gasteiger partial charge in [-0.15, -0.1) is 4.52 Å². The maximum absolute atomic E-state index is 9.70. The van der Waals surface area contributed by atoms with Crippen LogP contribution in [-0.4, -0.2) is 22.8 Å². The van der Waals surface area contributed by atoms with Crippen molar-refractivity contribution in [3.63, 3.8) is 0 Å². The van der Waals surface area contributed by atoms with Crippen LogP contribution in [0.15, 0.2) is 0 Å². The normalized spacial score (nSPS) is 12.1. The number of aliphatic hydroxyl groups is 1. The average molecular weight is 279 g/mol. The van der Waals surface area contributed by atoms with Crippen LogP contribution in [0.5, 0.6) is 0 Å². The van der Waals surface area contributed by atoms with Crippen molar-refractivity contribution in [2.75, 3.05) is 6.54 Å². The molecule has 4 N–H and O–H groups in total. The van der Waals surface area contributed by atoms with Crippen molar-refractivity contribution < 1.29 is 92.6 Å². The smallest absolute Gasteiger partial charge is 0.567 e. The molecule has 0 aliphatic carbocycles. The van der Waals surface area contributed by atoms with Crippen LogP contribution in [0.2, 0.25) is 0 Å². The van der Waals surface area contributed by atoms with Gasteiger partial charge in [-0.05, 0) is 15.7 Å². The van der Waals surface area contributed by atoms with E-state index in [1.54, 1.807) is 0 Å². The zero-order valence-corrected chi connectivity index (χ0v) is 14.2. The molecule has 0 amide bonds. The Morgan fingerprint density at radius 3 is 1.87 bits per heavy atom. The molecule has 15 heavy (non-hydrogen) atoms. The summed E-state index contributed by atoms with van der Waals surface area (Å²) in [4.78, 5) is 25.3. The molecule has 0 heterocycles. The second kappa shape index (κ2) is 18.3. The number of hydrogen-bond donors (Lipinski definition) is 3. The van der Waals surface area contributed by atoms with Gasteiger partial charge in [0, 0.05) is 6.42 Å². The monoisotopic (exact) mass is 279 g/mol. The Balaban J connectivity index is -0.0000000883. The summed E-state index contributed by atoms with van der Waals surface area (Å²) < 4.78 is 22.2. The SMILES string of the molecule is NCCC(O)O[P+](=O)[O-].O=[P+]([O-])O.[Na+].[Na+]. The fourth-order valence-electron chi connectivity index (χ4n) is 0.295. The molecule has 0 bridgehead atoms. The van der Waals surface area contributed by atoms with Gasteiger partial charge in [0.05, 0.1) is 0 Å². The summed E-state index contributed by atoms with van der Waals surface area (Å²) in [6, 6.07) is 0. The fourth-order valence-corrected chi connectivity index (χ4v) is 0.599. The summed E-state index contributed by atoms with van der Waals surface area (Å²) in [5.41, 5.74) is 4.97. The Morgan fingerprint density at radius 2 is 1.67 bits per heavy atom. The second-order valence-corrected chi connectivity index (χ2v) is 2.73. The molecule has 78 valence electrons. The summed E-state index contributed by atoms with van der Waals surface area (Å²) in [6.45, 7) is 0.199. The Labute approximate surface area is 133 Å². The Hall–Kier alpha value is 1.96. The van der Waals surface area contributed by atoms with Crippen LogP contribution in [0.25, 0.3) is 0 Å². The molecule has 8 nitrogen and oxygen atoms in total. The van der Waals surface area contributed by atoms with Crippen LogP contribution < -0.4 is 74.6 Å². The van der Waals surface area contributed by atoms with E-state index in [4.69, 9.17) is 25.2 Å². The summed E-state index contributed by atoms with van der Waals surface area (Å²) in [5, 5.41) is 8.53. The van der Waals surface area contributed by atoms with Crippen molar-refractivity contribution in [3.8, 4) is 0 Å². The van der Waals surface area contributed by atoms with Crippen molar-refractivity contribution in [1.29, 1.82) is 0 Å². The molecule has 3 atom stereocenters. The fraction of sp³-hybridized carbons (Fsp3) is 1.00. The molecule has 0 aromatic rings. The van der Waals surface area contributed by atoms with Crippen molar-refractivity contribution >= 4 is 16.5 Å². The minimum absolute atomic E-state index is 0. The molecule has 0 rings (SSSR count). The van der Waals surface area contributed by atoms with Gasteiger partial charge in [-0.25, -0.2) is 0 Å². The summed E-state index contributed by atoms with van der Waals surface area (Å²) in [6.07, 6.45) is -1.15. The molecule has 0 saturated carbocycles. The van der Waals surface area contributed by atoms with Crippen LogP contribution in [0.3, 0.4) is 0 Å². The largest absolute Gasteiger partial charge is 1.00 e. The quantitative estimate of drug-likeness (QED) is 0.260. The molecule has 0 aromatic carbocycles. The van der Waals surface area contributed by atoms with Crippen LogP contribution in [0.4, 0.5) is 0 Å². The third kappa shape index (κ3) is 38.7. The van der Waals surface area contributed by atoms with Crippen LogP contribution in [0, 0.1) is 0 Å². The first kappa shape index (κ1) is 25.7. The number of rotatable bonds is 4. The summed E-state index contributed by atoms with van der Waals surface area (Å²) >= 11 is 0. The maximum Gasteiger partial charge on any atom is 1.00 e. The first-order chi connectivity index (χ1) is 5.90. The maximum atomic E-state index is 9.70. The molecule has 0 spiro atoms. The first-order valence-electron chi connectivity index (χ1n) is 2.92. The van der Waals surface area contributed by atoms with Gasteiger partial charge in [-0.3, -0.25) is 0 Å². The molecule has 0 saturated heterocycles. The zero-order valence-electron chi connectivity index (χ0n) is 8.40. The number of aliphatic hydroxyl groups excluding tert-OH is 1. The van der Waals surface area contributed by atoms with E-state index in [1.807, 2.05) is 0 Å². The minimum atomic E-state index is -3.12. The van der Waals surface area contributed by atoms with Gasteiger partial charge < -0.3 is 20.6 Å². The third-order valence-corrected chi connectivity index (χ3v) is 1.04. The van der Waals surface area contributed by atoms with E-state index in [0.717, 1.165) is 0 Å². The van der Waals surface area contributed by atoms with Crippen molar-refractivity contribution in [2.24, 2.45) is 5.73 Å². The molecule has 0 aromatic heterocycles. The van der Waals surface area contributed by atoms with Crippen molar-refractivity contribution in [1.82, 2.24) is 0 Å². The predicted octanol–water partition coefficient (Wildman–Crippen LogP) is -8.31. The van der Waals surface area contributed by atoms with Crippen LogP contribution in [0.1, 0.15) is 6.42 Å². The van der Waals surface area contributed by atoms with Gasteiger partial charge >= 0.3 is 75.6 Å². The number of hydrogen-bond acceptors (Lipinski definition) is 7. The van der Waals surface area contributed by atoms with E-state index in [0.29, 0.717) is 0 Å². The average Bonchev–Trinajstić information content (AvgIpc) is 1.83. The van der Waals surface area contributed by atoms with E-state index in [9.17, 15) is 9.46 Å². The molecule has 0 aliphatic rings. The minimum Gasteiger partial charge on any atom is -0.567 e. The third-order valence-electron chi connectivity index (χ3n) is 0.621. The molecule has 0 aliphatic heterocycles. The topological polar surface area (TPSA) is 156 Å². The zero-order chi connectivity index (χ0) is 10.9. The predicted molar refractivity (Wildman–Crippen MR) is 38.2 cm³/mol. The van der Waals surface area contributed by atoms with E-state index in [1.165, 1.54) is 0 Å².